The second-order valence-corrected chi connectivity index (χ2v) is 16.7. The summed E-state index contributed by atoms with van der Waals surface area (Å²) in [5.41, 5.74) is 8.93. The number of benzene rings is 5. The highest BCUT2D eigenvalue weighted by atomic mass is 16.3. The maximum atomic E-state index is 11.3. The maximum absolute atomic E-state index is 11.3. The van der Waals surface area contributed by atoms with Gasteiger partial charge in [-0.25, -0.2) is 29.9 Å². The van der Waals surface area contributed by atoms with Crippen LogP contribution in [0.5, 0.6) is 11.5 Å². The molecule has 2 saturated carbocycles. The van der Waals surface area contributed by atoms with E-state index >= 15 is 0 Å². The molecule has 0 bridgehead atoms. The zero-order chi connectivity index (χ0) is 41.2. The fourth-order valence-electron chi connectivity index (χ4n) is 8.83. The third kappa shape index (κ3) is 8.35. The summed E-state index contributed by atoms with van der Waals surface area (Å²) in [6.45, 7) is 1.95. The van der Waals surface area contributed by atoms with E-state index in [1.54, 1.807) is 12.1 Å². The molecule has 7 aromatic rings. The number of aromatic nitrogens is 6. The largest absolute Gasteiger partial charge is 0.507 e. The van der Waals surface area contributed by atoms with E-state index < -0.39 is 0 Å². The van der Waals surface area contributed by atoms with Crippen molar-refractivity contribution in [2.75, 3.05) is 19.0 Å². The fourth-order valence-corrected chi connectivity index (χ4v) is 8.83. The van der Waals surface area contributed by atoms with Gasteiger partial charge in [0, 0.05) is 48.1 Å². The Kier molecular flexibility index (Phi) is 11.1. The molecule has 0 saturated heterocycles. The summed E-state index contributed by atoms with van der Waals surface area (Å²) in [6, 6.07) is 36.2. The first kappa shape index (κ1) is 39.0. The van der Waals surface area contributed by atoms with Crippen LogP contribution >= 0.6 is 0 Å². The van der Waals surface area contributed by atoms with E-state index in [0.29, 0.717) is 57.9 Å². The van der Waals surface area contributed by atoms with Crippen molar-refractivity contribution in [2.45, 2.75) is 83.0 Å². The Hall–Kier alpha value is -6.48. The maximum Gasteiger partial charge on any atom is 0.167 e. The van der Waals surface area contributed by atoms with Gasteiger partial charge in [-0.3, -0.25) is 0 Å². The Morgan fingerprint density at radius 2 is 0.850 bits per heavy atom. The third-order valence-corrected chi connectivity index (χ3v) is 12.2. The Labute approximate surface area is 352 Å². The van der Waals surface area contributed by atoms with Crippen molar-refractivity contribution in [1.29, 1.82) is 0 Å². The number of phenols is 2. The van der Waals surface area contributed by atoms with Gasteiger partial charge in [0.25, 0.3) is 0 Å². The van der Waals surface area contributed by atoms with E-state index in [9.17, 15) is 10.2 Å². The van der Waals surface area contributed by atoms with Gasteiger partial charge in [0.1, 0.15) is 11.5 Å². The topological polar surface area (TPSA) is 121 Å². The lowest BCUT2D eigenvalue weighted by Crippen LogP contribution is -2.08. The van der Waals surface area contributed by atoms with Crippen LogP contribution in [0, 0.1) is 6.92 Å². The molecule has 0 amide bonds. The van der Waals surface area contributed by atoms with Crippen LogP contribution in [0.1, 0.15) is 92.7 Å². The highest BCUT2D eigenvalue weighted by molar-refractivity contribution is 5.74. The molecule has 0 radical (unpaired) electrons. The zero-order valence-electron chi connectivity index (χ0n) is 34.6. The number of aryl methyl sites for hydroxylation is 1. The second kappa shape index (κ2) is 17.0. The average molecular weight is 794 g/mol. The first-order valence-corrected chi connectivity index (χ1v) is 21.4. The van der Waals surface area contributed by atoms with Crippen molar-refractivity contribution < 1.29 is 10.2 Å². The van der Waals surface area contributed by atoms with Gasteiger partial charge < -0.3 is 15.1 Å². The van der Waals surface area contributed by atoms with Gasteiger partial charge in [0.2, 0.25) is 0 Å². The highest BCUT2D eigenvalue weighted by Gasteiger charge is 2.21. The van der Waals surface area contributed by atoms with E-state index in [2.05, 4.69) is 48.5 Å². The van der Waals surface area contributed by atoms with E-state index in [0.717, 1.165) is 33.5 Å². The van der Waals surface area contributed by atoms with Crippen molar-refractivity contribution in [3.8, 4) is 79.8 Å². The molecule has 2 fully saturated rings. The van der Waals surface area contributed by atoms with Crippen LogP contribution in [0.2, 0.25) is 0 Å². The molecular weight excluding hydrogens is 743 g/mol. The van der Waals surface area contributed by atoms with Crippen LogP contribution in [0.25, 0.3) is 68.3 Å². The normalized spacial score (nSPS) is 14.9. The summed E-state index contributed by atoms with van der Waals surface area (Å²) < 4.78 is 0. The van der Waals surface area contributed by atoms with Crippen LogP contribution < -0.4 is 4.90 Å². The van der Waals surface area contributed by atoms with Gasteiger partial charge in [0.05, 0.1) is 11.1 Å². The molecule has 0 unspecified atom stereocenters. The van der Waals surface area contributed by atoms with Gasteiger partial charge in [-0.1, -0.05) is 105 Å². The van der Waals surface area contributed by atoms with Crippen LogP contribution in [0.15, 0.2) is 109 Å². The smallest absolute Gasteiger partial charge is 0.167 e. The quantitative estimate of drug-likeness (QED) is 0.147. The molecule has 2 aliphatic carbocycles. The monoisotopic (exact) mass is 793 g/mol. The first-order chi connectivity index (χ1) is 29.3. The van der Waals surface area contributed by atoms with E-state index in [-0.39, 0.29) is 11.5 Å². The number of phenolic OH excluding ortho intramolecular Hbond substituents is 2. The molecule has 0 atom stereocenters. The lowest BCUT2D eigenvalue weighted by Gasteiger charge is -2.22. The Bertz CT molecular complexity index is 2650. The van der Waals surface area contributed by atoms with Crippen molar-refractivity contribution >= 4 is 5.69 Å². The van der Waals surface area contributed by atoms with Gasteiger partial charge in [-0.05, 0) is 97.5 Å². The number of anilines is 1. The first-order valence-electron chi connectivity index (χ1n) is 21.4. The van der Waals surface area contributed by atoms with Crippen molar-refractivity contribution in [2.24, 2.45) is 0 Å². The summed E-state index contributed by atoms with van der Waals surface area (Å²) in [6.07, 6.45) is 12.4. The van der Waals surface area contributed by atoms with Crippen LogP contribution in [-0.2, 0) is 0 Å². The summed E-state index contributed by atoms with van der Waals surface area (Å²) >= 11 is 0. The van der Waals surface area contributed by atoms with Gasteiger partial charge in [-0.15, -0.1) is 0 Å². The van der Waals surface area contributed by atoms with E-state index in [1.807, 2.05) is 74.4 Å². The lowest BCUT2D eigenvalue weighted by atomic mass is 9.83. The van der Waals surface area contributed by atoms with Gasteiger partial charge >= 0.3 is 0 Å². The predicted molar refractivity (Wildman–Crippen MR) is 240 cm³/mol. The Morgan fingerprint density at radius 1 is 0.433 bits per heavy atom. The fraction of sp³-hybridized carbons (Fsp3) is 0.294. The second-order valence-electron chi connectivity index (χ2n) is 16.7. The van der Waals surface area contributed by atoms with Crippen LogP contribution in [0.3, 0.4) is 0 Å². The minimum Gasteiger partial charge on any atom is -0.507 e. The molecule has 9 rings (SSSR count). The molecule has 9 heteroatoms. The molecule has 302 valence electrons. The molecule has 0 aliphatic heterocycles. The van der Waals surface area contributed by atoms with Crippen molar-refractivity contribution in [1.82, 2.24) is 29.9 Å². The third-order valence-electron chi connectivity index (χ3n) is 12.2. The SMILES string of the molecule is Cc1ccc(-c2nc(-c3ccc(-c4nc(-c5cccc(C6CCCCC6)c5)nc(-c5ccc(N(C)C)cc5O)n4)cc3)nc(-c3cccc(C4CCCCC4)c3)n2)c(O)c1. The number of hydrogen-bond acceptors (Lipinski definition) is 9. The minimum atomic E-state index is 0.0981. The van der Waals surface area contributed by atoms with Crippen LogP contribution in [0.4, 0.5) is 5.69 Å². The van der Waals surface area contributed by atoms with E-state index in [4.69, 9.17) is 29.9 Å². The van der Waals surface area contributed by atoms with Crippen molar-refractivity contribution in [3.63, 3.8) is 0 Å². The summed E-state index contributed by atoms with van der Waals surface area (Å²) in [4.78, 5) is 31.8. The molecular formula is C51H51N7O2. The Morgan fingerprint density at radius 3 is 1.28 bits per heavy atom. The zero-order valence-corrected chi connectivity index (χ0v) is 34.6. The average Bonchev–Trinajstić information content (AvgIpc) is 3.29. The molecule has 2 N–H and O–H groups in total. The van der Waals surface area contributed by atoms with E-state index in [1.165, 1.54) is 75.3 Å². The summed E-state index contributed by atoms with van der Waals surface area (Å²) in [5.74, 6) is 4.17. The lowest BCUT2D eigenvalue weighted by molar-refractivity contribution is 0.443. The number of hydrogen-bond donors (Lipinski definition) is 2. The van der Waals surface area contributed by atoms with Crippen LogP contribution in [-0.4, -0.2) is 54.2 Å². The molecule has 0 spiro atoms. The number of nitrogens with zero attached hydrogens (tertiary/aromatic N) is 7. The highest BCUT2D eigenvalue weighted by Crippen LogP contribution is 2.38. The number of aromatic hydroxyl groups is 2. The molecule has 2 aromatic heterocycles. The Balaban J connectivity index is 1.12. The summed E-state index contributed by atoms with van der Waals surface area (Å²) in [5, 5.41) is 22.3. The van der Waals surface area contributed by atoms with Gasteiger partial charge in [-0.2, -0.15) is 0 Å². The van der Waals surface area contributed by atoms with Crippen molar-refractivity contribution in [3.05, 3.63) is 126 Å². The molecule has 2 aliphatic rings. The standard InChI is InChI=1S/C51H51N7O2/c1-32-20-26-42(44(59)28-32)50-54-46(52-48(56-50)39-18-10-16-37(29-39)33-12-6-4-7-13-33)35-21-23-36(24-22-35)47-53-49(40-19-11-17-38(30-40)34-14-8-5-9-15-34)57-51(55-47)43-27-25-41(58(2)3)31-45(43)60/h10-11,16-31,33-34,59-60H,4-9,12-15H2,1-3H3. The molecule has 9 nitrogen and oxygen atoms in total. The molecule has 5 aromatic carbocycles. The minimum absolute atomic E-state index is 0.0981. The molecule has 2 heterocycles. The number of rotatable bonds is 9. The van der Waals surface area contributed by atoms with Gasteiger partial charge in [0.15, 0.2) is 34.9 Å². The summed E-state index contributed by atoms with van der Waals surface area (Å²) in [7, 11) is 3.88. The predicted octanol–water partition coefficient (Wildman–Crippen LogP) is 11.9. The molecule has 60 heavy (non-hydrogen) atoms.